The highest BCUT2D eigenvalue weighted by atomic mass is 16.2. The first-order valence-electron chi connectivity index (χ1n) is 4.86. The van der Waals surface area contributed by atoms with Gasteiger partial charge < -0.3 is 11.1 Å². The first kappa shape index (κ1) is 11.5. The second-order valence-corrected chi connectivity index (χ2v) is 3.37. The van der Waals surface area contributed by atoms with Crippen LogP contribution in [0.4, 0.5) is 0 Å². The number of carbonyl (C=O) groups excluding carboxylic acids is 1. The first-order chi connectivity index (χ1) is 7.16. The number of nitrogens with one attached hydrogen (secondary N) is 1. The summed E-state index contributed by atoms with van der Waals surface area (Å²) in [6.07, 6.45) is 1.63. The number of aryl methyl sites for hydroxylation is 1. The first-order valence-corrected chi connectivity index (χ1v) is 4.86. The zero-order valence-corrected chi connectivity index (χ0v) is 8.86. The van der Waals surface area contributed by atoms with E-state index in [-0.39, 0.29) is 5.91 Å². The van der Waals surface area contributed by atoms with Crippen molar-refractivity contribution in [2.45, 2.75) is 13.0 Å². The third kappa shape index (κ3) is 2.92. The summed E-state index contributed by atoms with van der Waals surface area (Å²) >= 11 is 0. The van der Waals surface area contributed by atoms with Gasteiger partial charge in [0.1, 0.15) is 6.04 Å². The van der Waals surface area contributed by atoms with E-state index in [2.05, 4.69) is 11.9 Å². The molecule has 1 atom stereocenters. The highest BCUT2D eigenvalue weighted by Crippen LogP contribution is 2.14. The largest absolute Gasteiger partial charge is 0.351 e. The molecule has 1 aromatic rings. The van der Waals surface area contributed by atoms with Crippen LogP contribution in [0.1, 0.15) is 17.2 Å². The number of nitrogens with two attached hydrogens (primary N) is 1. The van der Waals surface area contributed by atoms with Gasteiger partial charge >= 0.3 is 0 Å². The molecule has 0 bridgehead atoms. The molecule has 0 aliphatic heterocycles. The average molecular weight is 204 g/mol. The Bertz CT molecular complexity index is 360. The standard InChI is InChI=1S/C12H16N2O/c1-3-8-14-12(15)11(13)10-7-5-4-6-9(10)2/h3-7,11H,1,8,13H2,2H3,(H,14,15). The van der Waals surface area contributed by atoms with Crippen molar-refractivity contribution in [3.8, 4) is 0 Å². The van der Waals surface area contributed by atoms with Gasteiger partial charge in [0.15, 0.2) is 0 Å². The summed E-state index contributed by atoms with van der Waals surface area (Å²) in [6.45, 7) is 5.91. The molecule has 1 amide bonds. The Kier molecular flexibility index (Phi) is 4.06. The Hall–Kier alpha value is -1.61. The molecule has 0 heterocycles. The number of carbonyl (C=O) groups is 1. The van der Waals surface area contributed by atoms with E-state index in [1.165, 1.54) is 0 Å². The van der Waals surface area contributed by atoms with Crippen LogP contribution >= 0.6 is 0 Å². The summed E-state index contributed by atoms with van der Waals surface area (Å²) in [5, 5.41) is 2.68. The molecule has 0 aliphatic rings. The van der Waals surface area contributed by atoms with Gasteiger partial charge in [-0.2, -0.15) is 0 Å². The number of rotatable bonds is 4. The average Bonchev–Trinajstić information content (AvgIpc) is 2.25. The van der Waals surface area contributed by atoms with E-state index in [9.17, 15) is 4.79 Å². The summed E-state index contributed by atoms with van der Waals surface area (Å²) in [4.78, 5) is 11.6. The minimum Gasteiger partial charge on any atom is -0.351 e. The lowest BCUT2D eigenvalue weighted by Crippen LogP contribution is -2.34. The monoisotopic (exact) mass is 204 g/mol. The van der Waals surface area contributed by atoms with Gasteiger partial charge in [0.25, 0.3) is 0 Å². The minimum absolute atomic E-state index is 0.177. The third-order valence-corrected chi connectivity index (χ3v) is 2.23. The van der Waals surface area contributed by atoms with E-state index < -0.39 is 6.04 Å². The van der Waals surface area contributed by atoms with E-state index in [0.29, 0.717) is 6.54 Å². The summed E-state index contributed by atoms with van der Waals surface area (Å²) < 4.78 is 0. The number of hydrogen-bond acceptors (Lipinski definition) is 2. The fourth-order valence-electron chi connectivity index (χ4n) is 1.36. The van der Waals surface area contributed by atoms with Gasteiger partial charge in [0, 0.05) is 6.54 Å². The van der Waals surface area contributed by atoms with Gasteiger partial charge in [0.2, 0.25) is 5.91 Å². The smallest absolute Gasteiger partial charge is 0.241 e. The number of benzene rings is 1. The fraction of sp³-hybridized carbons (Fsp3) is 0.250. The summed E-state index contributed by atoms with van der Waals surface area (Å²) in [7, 11) is 0. The van der Waals surface area contributed by atoms with E-state index in [1.54, 1.807) is 6.08 Å². The van der Waals surface area contributed by atoms with Crippen molar-refractivity contribution in [1.29, 1.82) is 0 Å². The molecule has 0 aliphatic carbocycles. The second-order valence-electron chi connectivity index (χ2n) is 3.37. The Morgan fingerprint density at radius 1 is 1.60 bits per heavy atom. The maximum atomic E-state index is 11.6. The van der Waals surface area contributed by atoms with Crippen molar-refractivity contribution < 1.29 is 4.79 Å². The number of amides is 1. The van der Waals surface area contributed by atoms with Crippen LogP contribution in [0.2, 0.25) is 0 Å². The molecular formula is C12H16N2O. The summed E-state index contributed by atoms with van der Waals surface area (Å²) in [6, 6.07) is 7.01. The van der Waals surface area contributed by atoms with E-state index >= 15 is 0 Å². The lowest BCUT2D eigenvalue weighted by Gasteiger charge is -2.13. The molecule has 0 aromatic heterocycles. The SMILES string of the molecule is C=CCNC(=O)C(N)c1ccccc1C. The Labute approximate surface area is 90.0 Å². The molecule has 1 unspecified atom stereocenters. The van der Waals surface area contributed by atoms with Crippen LogP contribution < -0.4 is 11.1 Å². The molecule has 0 saturated carbocycles. The third-order valence-electron chi connectivity index (χ3n) is 2.23. The zero-order chi connectivity index (χ0) is 11.3. The molecule has 1 aromatic carbocycles. The van der Waals surface area contributed by atoms with Gasteiger partial charge in [-0.25, -0.2) is 0 Å². The van der Waals surface area contributed by atoms with Crippen LogP contribution in [0, 0.1) is 6.92 Å². The Morgan fingerprint density at radius 2 is 2.27 bits per heavy atom. The molecule has 3 nitrogen and oxygen atoms in total. The molecule has 0 spiro atoms. The maximum Gasteiger partial charge on any atom is 0.241 e. The fourth-order valence-corrected chi connectivity index (χ4v) is 1.36. The van der Waals surface area contributed by atoms with Crippen molar-refractivity contribution >= 4 is 5.91 Å². The molecule has 3 heteroatoms. The molecule has 1 rings (SSSR count). The molecule has 3 N–H and O–H groups in total. The molecule has 15 heavy (non-hydrogen) atoms. The highest BCUT2D eigenvalue weighted by Gasteiger charge is 2.15. The van der Waals surface area contributed by atoms with Crippen LogP contribution in [-0.4, -0.2) is 12.5 Å². The van der Waals surface area contributed by atoms with Crippen molar-refractivity contribution in [1.82, 2.24) is 5.32 Å². The van der Waals surface area contributed by atoms with Crippen molar-refractivity contribution in [3.05, 3.63) is 48.0 Å². The van der Waals surface area contributed by atoms with Crippen molar-refractivity contribution in [3.63, 3.8) is 0 Å². The van der Waals surface area contributed by atoms with E-state index in [1.807, 2.05) is 31.2 Å². The van der Waals surface area contributed by atoms with Crippen molar-refractivity contribution in [2.75, 3.05) is 6.54 Å². The van der Waals surface area contributed by atoms with E-state index in [4.69, 9.17) is 5.73 Å². The minimum atomic E-state index is -0.605. The summed E-state index contributed by atoms with van der Waals surface area (Å²) in [5.41, 5.74) is 7.72. The van der Waals surface area contributed by atoms with Gasteiger partial charge in [-0.05, 0) is 18.1 Å². The van der Waals surface area contributed by atoms with Gasteiger partial charge in [-0.3, -0.25) is 4.79 Å². The van der Waals surface area contributed by atoms with Gasteiger partial charge in [-0.15, -0.1) is 6.58 Å². The van der Waals surface area contributed by atoms with Crippen molar-refractivity contribution in [2.24, 2.45) is 5.73 Å². The van der Waals surface area contributed by atoms with Crippen LogP contribution in [0.3, 0.4) is 0 Å². The maximum absolute atomic E-state index is 11.6. The molecule has 0 fully saturated rings. The Morgan fingerprint density at radius 3 is 2.87 bits per heavy atom. The molecule has 0 saturated heterocycles. The lowest BCUT2D eigenvalue weighted by atomic mass is 10.0. The molecule has 0 radical (unpaired) electrons. The highest BCUT2D eigenvalue weighted by molar-refractivity contribution is 5.83. The zero-order valence-electron chi connectivity index (χ0n) is 8.86. The quantitative estimate of drug-likeness (QED) is 0.726. The predicted molar refractivity (Wildman–Crippen MR) is 61.3 cm³/mol. The lowest BCUT2D eigenvalue weighted by molar-refractivity contribution is -0.122. The summed E-state index contributed by atoms with van der Waals surface area (Å²) in [5.74, 6) is -0.177. The van der Waals surface area contributed by atoms with E-state index in [0.717, 1.165) is 11.1 Å². The normalized spacial score (nSPS) is 11.9. The van der Waals surface area contributed by atoms with Gasteiger partial charge in [0.05, 0.1) is 0 Å². The van der Waals surface area contributed by atoms with Crippen LogP contribution in [0.5, 0.6) is 0 Å². The molecular weight excluding hydrogens is 188 g/mol. The van der Waals surface area contributed by atoms with Gasteiger partial charge in [-0.1, -0.05) is 30.3 Å². The van der Waals surface area contributed by atoms with Crippen LogP contribution in [-0.2, 0) is 4.79 Å². The topological polar surface area (TPSA) is 55.1 Å². The number of hydrogen-bond donors (Lipinski definition) is 2. The van der Waals surface area contributed by atoms with Crippen LogP contribution in [0.15, 0.2) is 36.9 Å². The molecule has 80 valence electrons. The Balaban J connectivity index is 2.76. The predicted octanol–water partition coefficient (Wildman–Crippen LogP) is 1.30. The second kappa shape index (κ2) is 5.32. The van der Waals surface area contributed by atoms with Crippen LogP contribution in [0.25, 0.3) is 0 Å².